The van der Waals surface area contributed by atoms with E-state index in [1.54, 1.807) is 0 Å². The molecule has 6 heteroatoms. The van der Waals surface area contributed by atoms with Crippen LogP contribution in [0.1, 0.15) is 36.9 Å². The van der Waals surface area contributed by atoms with Gasteiger partial charge in [0.05, 0.1) is 18.1 Å². The van der Waals surface area contributed by atoms with Gasteiger partial charge in [-0.15, -0.1) is 0 Å². The lowest BCUT2D eigenvalue weighted by Gasteiger charge is -2.34. The highest BCUT2D eigenvalue weighted by atomic mass is 16.3. The van der Waals surface area contributed by atoms with Gasteiger partial charge in [-0.25, -0.2) is 4.98 Å². The van der Waals surface area contributed by atoms with E-state index in [0.717, 1.165) is 36.6 Å². The predicted octanol–water partition coefficient (Wildman–Crippen LogP) is 1.88. The number of rotatable bonds is 6. The smallest absolute Gasteiger partial charge is 0.227 e. The van der Waals surface area contributed by atoms with Crippen LogP contribution in [-0.2, 0) is 17.9 Å². The lowest BCUT2D eigenvalue weighted by molar-refractivity contribution is -0.131. The van der Waals surface area contributed by atoms with Gasteiger partial charge in [0.2, 0.25) is 5.91 Å². The summed E-state index contributed by atoms with van der Waals surface area (Å²) in [4.78, 5) is 19.3. The van der Waals surface area contributed by atoms with Gasteiger partial charge in [0.25, 0.3) is 0 Å². The molecule has 1 atom stereocenters. The molecule has 1 amide bonds. The number of amides is 1. The van der Waals surface area contributed by atoms with Gasteiger partial charge < -0.3 is 15.0 Å². The normalized spacial score (nSPS) is 16.2. The Balaban J connectivity index is 1.54. The number of carbonyl (C=O) groups is 1. The Kier molecular flexibility index (Phi) is 5.44. The lowest BCUT2D eigenvalue weighted by Crippen LogP contribution is -2.47. The molecule has 2 N–H and O–H groups in total. The molecule has 0 saturated carbocycles. The van der Waals surface area contributed by atoms with Crippen molar-refractivity contribution in [3.8, 4) is 0 Å². The Bertz CT molecular complexity index is 769. The maximum absolute atomic E-state index is 12.7. The zero-order valence-electron chi connectivity index (χ0n) is 15.8. The molecule has 0 radical (unpaired) electrons. The van der Waals surface area contributed by atoms with Crippen molar-refractivity contribution in [3.05, 3.63) is 53.6 Å². The van der Waals surface area contributed by atoms with E-state index in [1.165, 1.54) is 0 Å². The van der Waals surface area contributed by atoms with Gasteiger partial charge in [-0.3, -0.25) is 9.69 Å². The van der Waals surface area contributed by atoms with Gasteiger partial charge in [0.15, 0.2) is 0 Å². The number of benzene rings is 1. The molecule has 0 bridgehead atoms. The molecule has 0 fully saturated rings. The van der Waals surface area contributed by atoms with Crippen molar-refractivity contribution in [2.24, 2.45) is 5.41 Å². The van der Waals surface area contributed by atoms with Crippen molar-refractivity contribution in [2.45, 2.75) is 40.0 Å². The number of aromatic nitrogens is 2. The fourth-order valence-electron chi connectivity index (χ4n) is 3.49. The van der Waals surface area contributed by atoms with E-state index in [-0.39, 0.29) is 12.5 Å². The first-order valence-corrected chi connectivity index (χ1v) is 9.11. The van der Waals surface area contributed by atoms with Crippen LogP contribution in [0.2, 0.25) is 0 Å². The second-order valence-electron chi connectivity index (χ2n) is 7.71. The number of carbonyl (C=O) groups excluding carboxylic acids is 1. The summed E-state index contributed by atoms with van der Waals surface area (Å²) < 4.78 is 2.15. The van der Waals surface area contributed by atoms with Gasteiger partial charge >= 0.3 is 0 Å². The Morgan fingerprint density at radius 3 is 2.88 bits per heavy atom. The largest absolute Gasteiger partial charge is 0.387 e. The molecule has 1 unspecified atom stereocenters. The van der Waals surface area contributed by atoms with Crippen LogP contribution in [0.3, 0.4) is 0 Å². The van der Waals surface area contributed by atoms with Crippen molar-refractivity contribution >= 4 is 5.91 Å². The van der Waals surface area contributed by atoms with Crippen LogP contribution in [0.5, 0.6) is 0 Å². The zero-order valence-corrected chi connectivity index (χ0v) is 15.8. The quantitative estimate of drug-likeness (QED) is 0.829. The van der Waals surface area contributed by atoms with Crippen LogP contribution in [0.15, 0.2) is 36.7 Å². The number of nitrogens with zero attached hydrogens (tertiary/aromatic N) is 3. The van der Waals surface area contributed by atoms with E-state index < -0.39 is 11.5 Å². The van der Waals surface area contributed by atoms with E-state index in [2.05, 4.69) is 19.8 Å². The third kappa shape index (κ3) is 4.14. The van der Waals surface area contributed by atoms with E-state index in [9.17, 15) is 9.90 Å². The first-order chi connectivity index (χ1) is 12.4. The summed E-state index contributed by atoms with van der Waals surface area (Å²) in [7, 11) is 0. The number of fused-ring (bicyclic) bond motifs is 1. The van der Waals surface area contributed by atoms with Gasteiger partial charge in [0.1, 0.15) is 5.82 Å². The van der Waals surface area contributed by atoms with Crippen molar-refractivity contribution in [1.29, 1.82) is 0 Å². The summed E-state index contributed by atoms with van der Waals surface area (Å²) in [6.45, 7) is 9.31. The number of aliphatic hydroxyl groups excluding tert-OH is 1. The molecular weight excluding hydrogens is 328 g/mol. The van der Waals surface area contributed by atoms with Gasteiger partial charge in [-0.1, -0.05) is 24.3 Å². The molecule has 26 heavy (non-hydrogen) atoms. The number of aliphatic hydroxyl groups is 1. The van der Waals surface area contributed by atoms with E-state index in [0.29, 0.717) is 6.54 Å². The summed E-state index contributed by atoms with van der Waals surface area (Å²) in [5, 5.41) is 13.3. The molecule has 6 nitrogen and oxygen atoms in total. The van der Waals surface area contributed by atoms with Crippen molar-refractivity contribution < 1.29 is 9.90 Å². The fourth-order valence-corrected chi connectivity index (χ4v) is 3.49. The monoisotopic (exact) mass is 356 g/mol. The Morgan fingerprint density at radius 1 is 1.35 bits per heavy atom. The molecular formula is C20H28N4O2. The standard InChI is InChI=1S/C20H28N4O2/c1-15-6-4-5-7-16(15)17(25)12-22-19(26)20(2,3)14-23-10-11-24-9-8-21-18(24)13-23/h4-9,17,25H,10-14H2,1-3H3,(H,22,26). The number of nitrogens with one attached hydrogen (secondary N) is 1. The summed E-state index contributed by atoms with van der Waals surface area (Å²) in [5.74, 6) is 1.00. The Morgan fingerprint density at radius 2 is 2.12 bits per heavy atom. The highest BCUT2D eigenvalue weighted by Crippen LogP contribution is 2.22. The summed E-state index contributed by atoms with van der Waals surface area (Å²) in [6, 6.07) is 7.70. The van der Waals surface area contributed by atoms with Gasteiger partial charge in [0, 0.05) is 38.6 Å². The molecule has 3 rings (SSSR count). The van der Waals surface area contributed by atoms with Gasteiger partial charge in [-0.2, -0.15) is 0 Å². The zero-order chi connectivity index (χ0) is 18.7. The molecule has 0 aliphatic carbocycles. The topological polar surface area (TPSA) is 70.4 Å². The van der Waals surface area contributed by atoms with E-state index in [1.807, 2.05) is 57.4 Å². The second kappa shape index (κ2) is 7.60. The highest BCUT2D eigenvalue weighted by Gasteiger charge is 2.32. The highest BCUT2D eigenvalue weighted by molar-refractivity contribution is 5.82. The minimum absolute atomic E-state index is 0.0425. The Labute approximate surface area is 154 Å². The molecule has 1 aliphatic rings. The molecule has 140 valence electrons. The number of imidazole rings is 1. The van der Waals surface area contributed by atoms with Crippen molar-refractivity contribution in [3.63, 3.8) is 0 Å². The molecule has 1 aromatic heterocycles. The molecule has 0 spiro atoms. The molecule has 1 aliphatic heterocycles. The first-order valence-electron chi connectivity index (χ1n) is 9.11. The minimum atomic E-state index is -0.696. The SMILES string of the molecule is Cc1ccccc1C(O)CNC(=O)C(C)(C)CN1CCn2ccnc2C1. The Hall–Kier alpha value is -2.18. The van der Waals surface area contributed by atoms with Gasteiger partial charge in [-0.05, 0) is 31.9 Å². The van der Waals surface area contributed by atoms with Crippen LogP contribution < -0.4 is 5.32 Å². The maximum Gasteiger partial charge on any atom is 0.227 e. The van der Waals surface area contributed by atoms with Crippen LogP contribution in [0.25, 0.3) is 0 Å². The fraction of sp³-hybridized carbons (Fsp3) is 0.500. The molecule has 2 heterocycles. The molecule has 1 aromatic carbocycles. The third-order valence-electron chi connectivity index (χ3n) is 5.06. The van der Waals surface area contributed by atoms with Crippen LogP contribution in [0, 0.1) is 12.3 Å². The van der Waals surface area contributed by atoms with Crippen LogP contribution in [0.4, 0.5) is 0 Å². The van der Waals surface area contributed by atoms with E-state index >= 15 is 0 Å². The minimum Gasteiger partial charge on any atom is -0.387 e. The summed E-state index contributed by atoms with van der Waals surface area (Å²) >= 11 is 0. The van der Waals surface area contributed by atoms with Crippen molar-refractivity contribution in [1.82, 2.24) is 19.8 Å². The number of aryl methyl sites for hydroxylation is 1. The maximum atomic E-state index is 12.7. The lowest BCUT2D eigenvalue weighted by atomic mass is 9.91. The molecule has 2 aromatic rings. The predicted molar refractivity (Wildman–Crippen MR) is 100 cm³/mol. The van der Waals surface area contributed by atoms with Crippen molar-refractivity contribution in [2.75, 3.05) is 19.6 Å². The second-order valence-corrected chi connectivity index (χ2v) is 7.71. The average Bonchev–Trinajstić information content (AvgIpc) is 3.07. The number of hydrogen-bond donors (Lipinski definition) is 2. The molecule has 0 saturated heterocycles. The summed E-state index contributed by atoms with van der Waals surface area (Å²) in [5.41, 5.74) is 1.34. The van der Waals surface area contributed by atoms with Crippen LogP contribution in [-0.4, -0.2) is 45.1 Å². The average molecular weight is 356 g/mol. The van der Waals surface area contributed by atoms with Crippen LogP contribution >= 0.6 is 0 Å². The first kappa shape index (κ1) is 18.6. The third-order valence-corrected chi connectivity index (χ3v) is 5.06. The van der Waals surface area contributed by atoms with E-state index in [4.69, 9.17) is 0 Å². The number of hydrogen-bond acceptors (Lipinski definition) is 4. The summed E-state index contributed by atoms with van der Waals surface area (Å²) in [6.07, 6.45) is 3.12.